The third-order valence-corrected chi connectivity index (χ3v) is 2.93. The van der Waals surface area contributed by atoms with Gasteiger partial charge in [-0.05, 0) is 12.8 Å². The maximum absolute atomic E-state index is 10.7. The van der Waals surface area contributed by atoms with E-state index >= 15 is 0 Å². The number of carbonyl (C=O) groups is 1. The van der Waals surface area contributed by atoms with Gasteiger partial charge >= 0.3 is 5.97 Å². The lowest BCUT2D eigenvalue weighted by Gasteiger charge is -2.21. The molecule has 1 N–H and O–H groups in total. The summed E-state index contributed by atoms with van der Waals surface area (Å²) in [6.45, 7) is 7.70. The van der Waals surface area contributed by atoms with Gasteiger partial charge in [-0.1, -0.05) is 13.8 Å². The molecule has 16 heavy (non-hydrogen) atoms. The van der Waals surface area contributed by atoms with Crippen LogP contribution in [0.4, 0.5) is 0 Å². The highest BCUT2D eigenvalue weighted by atomic mass is 32.1. The van der Waals surface area contributed by atoms with Crippen LogP contribution in [0.3, 0.4) is 0 Å². The minimum atomic E-state index is -0.776. The molecule has 0 aliphatic carbocycles. The second-order valence-corrected chi connectivity index (χ2v) is 5.62. The van der Waals surface area contributed by atoms with Gasteiger partial charge in [0.2, 0.25) is 0 Å². The summed E-state index contributed by atoms with van der Waals surface area (Å²) in [5.41, 5.74) is 0. The zero-order valence-corrected chi connectivity index (χ0v) is 10.8. The number of hydrogen-bond acceptors (Lipinski definition) is 4. The number of aliphatic carboxylic acids is 1. The minimum absolute atomic E-state index is 0.0924. The molecule has 0 radical (unpaired) electrons. The number of thiazole rings is 1. The van der Waals surface area contributed by atoms with E-state index in [0.29, 0.717) is 12.5 Å². The molecule has 0 aliphatic heterocycles. The molecule has 1 rings (SSSR count). The highest BCUT2D eigenvalue weighted by Gasteiger charge is 2.13. The van der Waals surface area contributed by atoms with Crippen LogP contribution in [0.25, 0.3) is 0 Å². The summed E-state index contributed by atoms with van der Waals surface area (Å²) in [5, 5.41) is 9.85. The Bertz CT molecular complexity index is 350. The van der Waals surface area contributed by atoms with Gasteiger partial charge in [-0.3, -0.25) is 9.69 Å². The first kappa shape index (κ1) is 13.1. The first-order valence-electron chi connectivity index (χ1n) is 5.33. The third-order valence-electron chi connectivity index (χ3n) is 2.03. The number of aryl methyl sites for hydroxylation is 1. The molecule has 0 bridgehead atoms. The second kappa shape index (κ2) is 5.96. The van der Waals surface area contributed by atoms with Gasteiger partial charge < -0.3 is 5.11 Å². The molecule has 1 aromatic rings. The second-order valence-electron chi connectivity index (χ2n) is 4.30. The molecule has 0 aliphatic rings. The van der Waals surface area contributed by atoms with Gasteiger partial charge in [0.1, 0.15) is 0 Å². The number of aromatic nitrogens is 1. The van der Waals surface area contributed by atoms with Crippen molar-refractivity contribution in [2.75, 3.05) is 13.1 Å². The fourth-order valence-corrected chi connectivity index (χ4v) is 2.43. The number of nitrogens with zero attached hydrogens (tertiary/aromatic N) is 2. The molecule has 0 aromatic carbocycles. The maximum Gasteiger partial charge on any atom is 0.317 e. The molecule has 1 aromatic heterocycles. The summed E-state index contributed by atoms with van der Waals surface area (Å²) < 4.78 is 0. The van der Waals surface area contributed by atoms with Crippen molar-refractivity contribution in [3.05, 3.63) is 16.1 Å². The topological polar surface area (TPSA) is 53.4 Å². The number of carboxylic acid groups (broad SMARTS) is 1. The molecular formula is C11H18N2O2S. The van der Waals surface area contributed by atoms with Crippen molar-refractivity contribution in [1.29, 1.82) is 0 Å². The normalized spacial score (nSPS) is 11.3. The van der Waals surface area contributed by atoms with Crippen molar-refractivity contribution in [2.45, 2.75) is 27.3 Å². The Morgan fingerprint density at radius 1 is 1.62 bits per heavy atom. The number of hydrogen-bond donors (Lipinski definition) is 1. The predicted molar refractivity (Wildman–Crippen MR) is 64.6 cm³/mol. The average Bonchev–Trinajstić information content (AvgIpc) is 2.48. The van der Waals surface area contributed by atoms with Gasteiger partial charge in [-0.2, -0.15) is 0 Å². The largest absolute Gasteiger partial charge is 0.480 e. The van der Waals surface area contributed by atoms with Crippen LogP contribution in [0, 0.1) is 12.8 Å². The molecule has 0 saturated carbocycles. The molecule has 0 saturated heterocycles. The summed E-state index contributed by atoms with van der Waals surface area (Å²) >= 11 is 1.62. The van der Waals surface area contributed by atoms with E-state index in [4.69, 9.17) is 5.11 Å². The first-order chi connectivity index (χ1) is 7.47. The quantitative estimate of drug-likeness (QED) is 0.829. The SMILES string of the molecule is Cc1ncc(CN(CC(=O)O)CC(C)C)s1. The smallest absolute Gasteiger partial charge is 0.317 e. The van der Waals surface area contributed by atoms with Crippen molar-refractivity contribution >= 4 is 17.3 Å². The lowest BCUT2D eigenvalue weighted by atomic mass is 10.2. The molecule has 0 fully saturated rings. The lowest BCUT2D eigenvalue weighted by Crippen LogP contribution is -2.32. The van der Waals surface area contributed by atoms with E-state index in [9.17, 15) is 4.79 Å². The fraction of sp³-hybridized carbons (Fsp3) is 0.636. The zero-order chi connectivity index (χ0) is 12.1. The van der Waals surface area contributed by atoms with Gasteiger partial charge in [0, 0.05) is 24.2 Å². The van der Waals surface area contributed by atoms with Crippen LogP contribution in [-0.4, -0.2) is 34.0 Å². The Kier molecular flexibility index (Phi) is 4.89. The van der Waals surface area contributed by atoms with Gasteiger partial charge in [0.05, 0.1) is 11.6 Å². The zero-order valence-electron chi connectivity index (χ0n) is 9.93. The van der Waals surface area contributed by atoms with E-state index in [-0.39, 0.29) is 6.54 Å². The van der Waals surface area contributed by atoms with Crippen LogP contribution in [0.15, 0.2) is 6.20 Å². The highest BCUT2D eigenvalue weighted by Crippen LogP contribution is 2.14. The summed E-state index contributed by atoms with van der Waals surface area (Å²) in [6.07, 6.45) is 1.83. The Morgan fingerprint density at radius 2 is 2.31 bits per heavy atom. The third kappa shape index (κ3) is 4.72. The van der Waals surface area contributed by atoms with Crippen LogP contribution >= 0.6 is 11.3 Å². The van der Waals surface area contributed by atoms with E-state index in [2.05, 4.69) is 18.8 Å². The van der Waals surface area contributed by atoms with Crippen molar-refractivity contribution in [2.24, 2.45) is 5.92 Å². The van der Waals surface area contributed by atoms with Gasteiger partial charge in [0.25, 0.3) is 0 Å². The van der Waals surface area contributed by atoms with E-state index in [1.807, 2.05) is 18.0 Å². The molecule has 0 unspecified atom stereocenters. The van der Waals surface area contributed by atoms with Crippen molar-refractivity contribution in [3.8, 4) is 0 Å². The van der Waals surface area contributed by atoms with Crippen molar-refractivity contribution in [1.82, 2.24) is 9.88 Å². The monoisotopic (exact) mass is 242 g/mol. The van der Waals surface area contributed by atoms with Gasteiger partial charge in [0.15, 0.2) is 0 Å². The van der Waals surface area contributed by atoms with E-state index < -0.39 is 5.97 Å². The van der Waals surface area contributed by atoms with Crippen molar-refractivity contribution in [3.63, 3.8) is 0 Å². The molecule has 5 heteroatoms. The van der Waals surface area contributed by atoms with Crippen LogP contribution < -0.4 is 0 Å². The Labute approximate surface area is 99.9 Å². The Hall–Kier alpha value is -0.940. The van der Waals surface area contributed by atoms with Crippen LogP contribution in [0.2, 0.25) is 0 Å². The summed E-state index contributed by atoms with van der Waals surface area (Å²) in [7, 11) is 0. The average molecular weight is 242 g/mol. The summed E-state index contributed by atoms with van der Waals surface area (Å²) in [6, 6.07) is 0. The number of rotatable bonds is 6. The van der Waals surface area contributed by atoms with Crippen LogP contribution in [0.5, 0.6) is 0 Å². The highest BCUT2D eigenvalue weighted by molar-refractivity contribution is 7.11. The minimum Gasteiger partial charge on any atom is -0.480 e. The number of carboxylic acids is 1. The summed E-state index contributed by atoms with van der Waals surface area (Å²) in [4.78, 5) is 18.0. The molecular weight excluding hydrogens is 224 g/mol. The standard InChI is InChI=1S/C11H18N2O2S/c1-8(2)5-13(7-11(14)15)6-10-4-12-9(3)16-10/h4,8H,5-7H2,1-3H3,(H,14,15). The lowest BCUT2D eigenvalue weighted by molar-refractivity contribution is -0.138. The van der Waals surface area contributed by atoms with Gasteiger partial charge in [-0.25, -0.2) is 4.98 Å². The Balaban J connectivity index is 2.58. The molecule has 4 nitrogen and oxygen atoms in total. The maximum atomic E-state index is 10.7. The van der Waals surface area contributed by atoms with Crippen molar-refractivity contribution < 1.29 is 9.90 Å². The van der Waals surface area contributed by atoms with E-state index in [1.54, 1.807) is 11.3 Å². The van der Waals surface area contributed by atoms with Gasteiger partial charge in [-0.15, -0.1) is 11.3 Å². The first-order valence-corrected chi connectivity index (χ1v) is 6.14. The predicted octanol–water partition coefficient (Wildman–Crippen LogP) is 1.99. The van der Waals surface area contributed by atoms with E-state index in [0.717, 1.165) is 16.4 Å². The molecule has 0 atom stereocenters. The molecule has 1 heterocycles. The molecule has 0 spiro atoms. The van der Waals surface area contributed by atoms with Crippen LogP contribution in [0.1, 0.15) is 23.7 Å². The molecule has 90 valence electrons. The van der Waals surface area contributed by atoms with Crippen LogP contribution in [-0.2, 0) is 11.3 Å². The Morgan fingerprint density at radius 3 is 2.75 bits per heavy atom. The molecule has 0 amide bonds. The van der Waals surface area contributed by atoms with E-state index in [1.165, 1.54) is 0 Å². The fourth-order valence-electron chi connectivity index (χ4n) is 1.59. The summed E-state index contributed by atoms with van der Waals surface area (Å²) in [5.74, 6) is -0.310.